The van der Waals surface area contributed by atoms with Crippen LogP contribution >= 0.6 is 0 Å². The van der Waals surface area contributed by atoms with E-state index in [1.54, 1.807) is 6.20 Å². The number of aliphatic carboxylic acids is 1. The number of hydrogen-bond acceptors (Lipinski definition) is 6. The smallest absolute Gasteiger partial charge is 0.326 e. The molecule has 0 radical (unpaired) electrons. The maximum absolute atomic E-state index is 12.5. The number of para-hydroxylation sites is 1. The molecule has 0 saturated heterocycles. The second-order valence-electron chi connectivity index (χ2n) is 8.31. The van der Waals surface area contributed by atoms with E-state index < -0.39 is 47.9 Å². The Kier molecular flexibility index (Phi) is 8.21. The highest BCUT2D eigenvalue weighted by Crippen LogP contribution is 2.18. The van der Waals surface area contributed by atoms with Gasteiger partial charge in [0.2, 0.25) is 17.7 Å². The van der Waals surface area contributed by atoms with Crippen molar-refractivity contribution in [3.63, 3.8) is 0 Å². The van der Waals surface area contributed by atoms with Gasteiger partial charge < -0.3 is 36.8 Å². The van der Waals surface area contributed by atoms with E-state index in [0.717, 1.165) is 16.5 Å². The summed E-state index contributed by atoms with van der Waals surface area (Å²) in [6.45, 7) is 2.88. The first-order valence-corrected chi connectivity index (χ1v) is 11.1. The van der Waals surface area contributed by atoms with Crippen LogP contribution in [0.4, 0.5) is 0 Å². The highest BCUT2D eigenvalue weighted by Gasteiger charge is 2.27. The summed E-state index contributed by atoms with van der Waals surface area (Å²) in [7, 11) is 0. The number of aromatic nitrogens is 3. The Bertz CT molecular complexity index is 1190. The van der Waals surface area contributed by atoms with Gasteiger partial charge in [-0.05, 0) is 31.9 Å². The molecule has 8 N–H and O–H groups in total. The van der Waals surface area contributed by atoms with Crippen LogP contribution in [-0.4, -0.2) is 67.9 Å². The van der Waals surface area contributed by atoms with Gasteiger partial charge in [0.15, 0.2) is 0 Å². The molecule has 0 bridgehead atoms. The average Bonchev–Trinajstić information content (AvgIpc) is 3.48. The van der Waals surface area contributed by atoms with E-state index in [2.05, 4.69) is 30.9 Å². The third kappa shape index (κ3) is 6.67. The third-order valence-electron chi connectivity index (χ3n) is 5.55. The molecule has 0 saturated carbocycles. The van der Waals surface area contributed by atoms with Gasteiger partial charge in [-0.1, -0.05) is 18.2 Å². The number of nitrogens with one attached hydrogen (secondary N) is 5. The molecule has 0 fully saturated rings. The van der Waals surface area contributed by atoms with Crippen molar-refractivity contribution in [1.82, 2.24) is 30.9 Å². The molecule has 2 aromatic heterocycles. The number of carbonyl (C=O) groups excluding carboxylic acids is 3. The first-order valence-electron chi connectivity index (χ1n) is 11.1. The number of carbonyl (C=O) groups is 4. The summed E-state index contributed by atoms with van der Waals surface area (Å²) < 4.78 is 0. The normalized spacial score (nSPS) is 14.5. The third-order valence-corrected chi connectivity index (χ3v) is 5.55. The molecule has 0 spiro atoms. The molecule has 12 nitrogen and oxygen atoms in total. The summed E-state index contributed by atoms with van der Waals surface area (Å²) in [5.41, 5.74) is 8.41. The predicted molar refractivity (Wildman–Crippen MR) is 127 cm³/mol. The van der Waals surface area contributed by atoms with Crippen LogP contribution in [0, 0.1) is 0 Å². The van der Waals surface area contributed by atoms with Crippen molar-refractivity contribution >= 4 is 34.6 Å². The van der Waals surface area contributed by atoms with Gasteiger partial charge in [-0.25, -0.2) is 9.78 Å². The van der Waals surface area contributed by atoms with Crippen molar-refractivity contribution in [3.05, 3.63) is 54.2 Å². The minimum atomic E-state index is -1.23. The molecule has 3 aromatic rings. The molecule has 0 aliphatic carbocycles. The average molecular weight is 484 g/mol. The van der Waals surface area contributed by atoms with Crippen LogP contribution in [0.3, 0.4) is 0 Å². The number of carboxylic acid groups (broad SMARTS) is 1. The number of H-pyrrole nitrogens is 2. The van der Waals surface area contributed by atoms with Crippen LogP contribution < -0.4 is 21.7 Å². The van der Waals surface area contributed by atoms with Crippen molar-refractivity contribution in [2.24, 2.45) is 5.73 Å². The summed E-state index contributed by atoms with van der Waals surface area (Å²) in [4.78, 5) is 58.7. The molecule has 4 atom stereocenters. The van der Waals surface area contributed by atoms with Crippen LogP contribution in [0.1, 0.15) is 25.1 Å². The lowest BCUT2D eigenvalue weighted by Gasteiger charge is -2.21. The van der Waals surface area contributed by atoms with E-state index in [-0.39, 0.29) is 12.8 Å². The maximum Gasteiger partial charge on any atom is 0.326 e. The quantitative estimate of drug-likeness (QED) is 0.192. The van der Waals surface area contributed by atoms with Crippen molar-refractivity contribution < 1.29 is 24.3 Å². The van der Waals surface area contributed by atoms with Crippen LogP contribution in [0.15, 0.2) is 43.0 Å². The van der Waals surface area contributed by atoms with Crippen LogP contribution in [0.25, 0.3) is 10.9 Å². The predicted octanol–water partition coefficient (Wildman–Crippen LogP) is -0.418. The minimum Gasteiger partial charge on any atom is -0.480 e. The molecule has 2 heterocycles. The number of fused-ring (bicyclic) bond motifs is 1. The first-order chi connectivity index (χ1) is 16.7. The van der Waals surface area contributed by atoms with Crippen LogP contribution in [0.5, 0.6) is 0 Å². The molecule has 0 aliphatic heterocycles. The van der Waals surface area contributed by atoms with Crippen molar-refractivity contribution in [1.29, 1.82) is 0 Å². The zero-order valence-electron chi connectivity index (χ0n) is 19.4. The van der Waals surface area contributed by atoms with Gasteiger partial charge in [0, 0.05) is 35.4 Å². The Labute approximate surface area is 201 Å². The van der Waals surface area contributed by atoms with Gasteiger partial charge >= 0.3 is 5.97 Å². The second-order valence-corrected chi connectivity index (χ2v) is 8.31. The fourth-order valence-electron chi connectivity index (χ4n) is 3.53. The monoisotopic (exact) mass is 483 g/mol. The number of hydrogen-bond donors (Lipinski definition) is 7. The Hall–Kier alpha value is -4.19. The SMILES string of the molecule is CC(NC(=O)C(N)Cc1c[nH]c2ccccc12)C(=O)NC(C)C(=O)NC(Cc1cnc[nH]1)C(=O)O. The molecule has 3 rings (SSSR count). The van der Waals surface area contributed by atoms with Crippen molar-refractivity contribution in [2.45, 2.75) is 50.9 Å². The second kappa shape index (κ2) is 11.3. The molecule has 35 heavy (non-hydrogen) atoms. The van der Waals surface area contributed by atoms with E-state index in [4.69, 9.17) is 5.73 Å². The Balaban J connectivity index is 1.49. The first kappa shape index (κ1) is 25.4. The summed E-state index contributed by atoms with van der Waals surface area (Å²) in [6, 6.07) is 3.55. The van der Waals surface area contributed by atoms with Crippen molar-refractivity contribution in [2.75, 3.05) is 0 Å². The zero-order chi connectivity index (χ0) is 25.5. The van der Waals surface area contributed by atoms with Gasteiger partial charge in [0.1, 0.15) is 18.1 Å². The number of amides is 3. The number of imidazole rings is 1. The number of nitrogens with zero attached hydrogens (tertiary/aromatic N) is 1. The molecule has 0 aliphatic rings. The zero-order valence-corrected chi connectivity index (χ0v) is 19.4. The minimum absolute atomic E-state index is 0.00250. The molecular weight excluding hydrogens is 454 g/mol. The molecule has 4 unspecified atom stereocenters. The number of nitrogens with two attached hydrogens (primary N) is 1. The van der Waals surface area contributed by atoms with E-state index >= 15 is 0 Å². The van der Waals surface area contributed by atoms with Crippen LogP contribution in [-0.2, 0) is 32.0 Å². The summed E-state index contributed by atoms with van der Waals surface area (Å²) in [5.74, 6) is -3.03. The fraction of sp³-hybridized carbons (Fsp3) is 0.348. The highest BCUT2D eigenvalue weighted by atomic mass is 16.4. The largest absolute Gasteiger partial charge is 0.480 e. The van der Waals surface area contributed by atoms with Crippen LogP contribution in [0.2, 0.25) is 0 Å². The molecule has 186 valence electrons. The van der Waals surface area contributed by atoms with Gasteiger partial charge in [-0.15, -0.1) is 0 Å². The van der Waals surface area contributed by atoms with Crippen molar-refractivity contribution in [3.8, 4) is 0 Å². The molecule has 12 heteroatoms. The Morgan fingerprint density at radius 2 is 1.63 bits per heavy atom. The van der Waals surface area contributed by atoms with Gasteiger partial charge in [-0.2, -0.15) is 0 Å². The standard InChI is InChI=1S/C23H29N7O5/c1-12(29-22(33)17(24)7-14-9-26-18-6-4-3-5-16(14)18)20(31)28-13(2)21(32)30-19(23(34)35)8-15-10-25-11-27-15/h3-6,9-13,17,19,26H,7-8,24H2,1-2H3,(H,25,27)(H,28,31)(H,29,33)(H,30,32)(H,34,35). The molecular formula is C23H29N7O5. The number of rotatable bonds is 11. The summed E-state index contributed by atoms with van der Waals surface area (Å²) >= 11 is 0. The maximum atomic E-state index is 12.5. The van der Waals surface area contributed by atoms with E-state index in [1.807, 2.05) is 24.3 Å². The van der Waals surface area contributed by atoms with E-state index in [0.29, 0.717) is 5.69 Å². The molecule has 1 aromatic carbocycles. The van der Waals surface area contributed by atoms with E-state index in [9.17, 15) is 24.3 Å². The van der Waals surface area contributed by atoms with Gasteiger partial charge in [0.25, 0.3) is 0 Å². The van der Waals surface area contributed by atoms with E-state index in [1.165, 1.54) is 26.4 Å². The lowest BCUT2D eigenvalue weighted by atomic mass is 10.0. The number of aromatic amines is 2. The summed E-state index contributed by atoms with van der Waals surface area (Å²) in [5, 5.41) is 17.8. The fourth-order valence-corrected chi connectivity index (χ4v) is 3.53. The highest BCUT2D eigenvalue weighted by molar-refractivity contribution is 5.94. The summed E-state index contributed by atoms with van der Waals surface area (Å²) in [6.07, 6.45) is 4.94. The van der Waals surface area contributed by atoms with Gasteiger partial charge in [0.05, 0.1) is 12.4 Å². The Morgan fingerprint density at radius 3 is 2.29 bits per heavy atom. The molecule has 3 amide bonds. The number of benzene rings is 1. The van der Waals surface area contributed by atoms with Gasteiger partial charge in [-0.3, -0.25) is 14.4 Å². The lowest BCUT2D eigenvalue weighted by molar-refractivity contribution is -0.142. The number of carboxylic acids is 1. The topological polar surface area (TPSA) is 195 Å². The lowest BCUT2D eigenvalue weighted by Crippen LogP contribution is -2.55. The Morgan fingerprint density at radius 1 is 0.971 bits per heavy atom.